The van der Waals surface area contributed by atoms with E-state index in [2.05, 4.69) is 49.6 Å². The molecule has 8 nitrogen and oxygen atoms in total. The third-order valence-corrected chi connectivity index (χ3v) is 9.01. The van der Waals surface area contributed by atoms with Gasteiger partial charge in [-0.05, 0) is 45.5 Å². The first-order chi connectivity index (χ1) is 26.2. The van der Waals surface area contributed by atoms with E-state index in [1.807, 2.05) is 60.7 Å². The van der Waals surface area contributed by atoms with Gasteiger partial charge in [0.2, 0.25) is 0 Å². The van der Waals surface area contributed by atoms with Crippen LogP contribution in [0.3, 0.4) is 0 Å². The van der Waals surface area contributed by atoms with Crippen LogP contribution < -0.4 is 21.7 Å². The Kier molecular flexibility index (Phi) is 18.6. The first kappa shape index (κ1) is 43.0. The lowest BCUT2D eigenvalue weighted by Gasteiger charge is -2.20. The van der Waals surface area contributed by atoms with Crippen molar-refractivity contribution in [2.24, 2.45) is 0 Å². The number of hydrogen-bond acceptors (Lipinski definition) is 6. The molecule has 0 aliphatic carbocycles. The van der Waals surface area contributed by atoms with E-state index in [1.165, 1.54) is 36.1 Å². The molecule has 0 unspecified atom stereocenters. The molecule has 0 saturated heterocycles. The number of aliphatic hydroxyl groups excluding tert-OH is 2. The predicted molar refractivity (Wildman–Crippen MR) is 213 cm³/mol. The van der Waals surface area contributed by atoms with E-state index in [0.29, 0.717) is 35.1 Å². The summed E-state index contributed by atoms with van der Waals surface area (Å²) in [6.45, 7) is 4.95. The summed E-state index contributed by atoms with van der Waals surface area (Å²) < 4.78 is 0. The third-order valence-electron chi connectivity index (χ3n) is 9.01. The maximum atomic E-state index is 11.8. The molecule has 0 fully saturated rings. The minimum absolute atomic E-state index is 0.0532. The first-order valence-electron chi connectivity index (χ1n) is 18.6. The fourth-order valence-electron chi connectivity index (χ4n) is 6.01. The smallest absolute Gasteiger partial charge is 0.167 e. The number of fused-ring (bicyclic) bond motifs is 2. The van der Waals surface area contributed by atoms with Gasteiger partial charge in [0.05, 0.1) is 11.9 Å². The molecule has 54 heavy (non-hydrogen) atoms. The summed E-state index contributed by atoms with van der Waals surface area (Å²) >= 11 is 0. The zero-order chi connectivity index (χ0) is 39.3. The minimum Gasteiger partial charge on any atom is -0.545 e. The lowest BCUT2D eigenvalue weighted by Crippen LogP contribution is -2.68. The molecule has 0 bridgehead atoms. The quantitative estimate of drug-likeness (QED) is 0.118. The molecule has 0 radical (unpaired) electrons. The number of carbonyl (C=O) groups is 2. The number of carboxylic acids is 2. The van der Waals surface area contributed by atoms with E-state index in [4.69, 9.17) is 10.2 Å². The second-order valence-electron chi connectivity index (χ2n) is 12.9. The van der Waals surface area contributed by atoms with Crippen LogP contribution in [-0.2, 0) is 0 Å². The van der Waals surface area contributed by atoms with Gasteiger partial charge in [0.1, 0.15) is 0 Å². The minimum atomic E-state index is -1.36. The Balaban J connectivity index is 0.000000237. The number of hydrogen-bond donors (Lipinski definition) is 4. The molecule has 6 rings (SSSR count). The number of aliphatic hydroxyl groups is 2. The Bertz CT molecular complexity index is 1860. The van der Waals surface area contributed by atoms with Crippen molar-refractivity contribution in [1.82, 2.24) is 0 Å². The van der Waals surface area contributed by atoms with Crippen LogP contribution in [0.5, 0.6) is 0 Å². The molecule has 2 atom stereocenters. The summed E-state index contributed by atoms with van der Waals surface area (Å²) in [5, 5.41) is 42.9. The molecular weight excluding hydrogens is 677 g/mol. The molecule has 0 amide bonds. The van der Waals surface area contributed by atoms with Crippen molar-refractivity contribution in [3.63, 3.8) is 0 Å². The van der Waals surface area contributed by atoms with Crippen molar-refractivity contribution in [1.29, 1.82) is 0 Å². The van der Waals surface area contributed by atoms with Crippen molar-refractivity contribution < 1.29 is 41.5 Å². The fourth-order valence-corrected chi connectivity index (χ4v) is 6.01. The molecule has 0 aliphatic heterocycles. The Morgan fingerprint density at radius 3 is 1.13 bits per heavy atom. The molecule has 8 heteroatoms. The molecule has 6 aromatic carbocycles. The van der Waals surface area contributed by atoms with Crippen molar-refractivity contribution in [2.45, 2.75) is 64.5 Å². The van der Waals surface area contributed by atoms with Gasteiger partial charge in [-0.15, -0.1) is 0 Å². The van der Waals surface area contributed by atoms with Crippen molar-refractivity contribution >= 4 is 33.5 Å². The van der Waals surface area contributed by atoms with Gasteiger partial charge >= 0.3 is 0 Å². The normalized spacial score (nSPS) is 11.5. The summed E-state index contributed by atoms with van der Waals surface area (Å²) in [7, 11) is 0. The van der Waals surface area contributed by atoms with Crippen LogP contribution in [-0.4, -0.2) is 35.4 Å². The molecule has 284 valence electrons. The van der Waals surface area contributed by atoms with Crippen LogP contribution in [0.25, 0.3) is 32.7 Å². The molecule has 0 saturated carbocycles. The van der Waals surface area contributed by atoms with Crippen LogP contribution in [0.4, 0.5) is 0 Å². The Morgan fingerprint density at radius 1 is 0.500 bits per heavy atom. The van der Waals surface area contributed by atoms with Gasteiger partial charge in [-0.2, -0.15) is 0 Å². The van der Waals surface area contributed by atoms with E-state index in [1.54, 1.807) is 36.4 Å². The number of carbonyl (C=O) groups excluding carboxylic acids is 2. The molecule has 0 spiro atoms. The number of aromatic carboxylic acids is 2. The first-order valence-corrected chi connectivity index (χ1v) is 18.6. The van der Waals surface area contributed by atoms with E-state index < -0.39 is 11.9 Å². The highest BCUT2D eigenvalue weighted by molar-refractivity contribution is 6.16. The summed E-state index contributed by atoms with van der Waals surface area (Å²) in [6.07, 6.45) is 6.65. The van der Waals surface area contributed by atoms with Crippen LogP contribution >= 0.6 is 0 Å². The van der Waals surface area contributed by atoms with Crippen LogP contribution in [0, 0.1) is 0 Å². The third kappa shape index (κ3) is 12.4. The van der Waals surface area contributed by atoms with Gasteiger partial charge < -0.3 is 41.5 Å². The van der Waals surface area contributed by atoms with Crippen LogP contribution in [0.2, 0.25) is 0 Å². The molecule has 0 aromatic heterocycles. The summed E-state index contributed by atoms with van der Waals surface area (Å²) in [5.74, 6) is -2.72. The molecule has 6 aromatic rings. The van der Waals surface area contributed by atoms with Crippen LogP contribution in [0.15, 0.2) is 133 Å². The lowest BCUT2D eigenvalue weighted by atomic mass is 9.87. The van der Waals surface area contributed by atoms with Gasteiger partial charge in [0, 0.05) is 35.5 Å². The van der Waals surface area contributed by atoms with Crippen molar-refractivity contribution in [2.75, 3.05) is 13.2 Å². The fraction of sp³-hybridized carbons (Fsp3) is 0.261. The Morgan fingerprint density at radius 2 is 0.833 bits per heavy atom. The number of benzene rings is 6. The monoisotopic (exact) mass is 730 g/mol. The second-order valence-corrected chi connectivity index (χ2v) is 12.9. The SMILES string of the molecule is CCCCCO.CCCCCO.O=C([O-])c1ccc2ccccc2c1-c1c(C(=O)[O-])ccc2ccccc12.[NH3+][C@@H](c1ccccc1)[C@@H]([NH3+])c1ccccc1. The standard InChI is InChI=1S/C22H14O4.C14H16N2.2C5H12O/c23-21(24)17-11-9-13-5-1-3-7-15(13)19(17)20-16-8-4-2-6-14(16)10-12-18(20)22(25)26;15-13(11-7-3-1-4-8-11)14(16)12-9-5-2-6-10-12;2*1-2-3-4-5-6/h1-12H,(H,23,24)(H,25,26);1-10,13-14H,15-16H2;2*6H,2-5H2,1H3/t;13-,14-;;/m.0../s1. The Labute approximate surface area is 318 Å². The number of quaternary nitrogens is 2. The zero-order valence-corrected chi connectivity index (χ0v) is 31.5. The van der Waals surface area contributed by atoms with Gasteiger partial charge in [0.25, 0.3) is 0 Å². The lowest BCUT2D eigenvalue weighted by molar-refractivity contribution is -0.540. The zero-order valence-electron chi connectivity index (χ0n) is 31.5. The summed E-state index contributed by atoms with van der Waals surface area (Å²) in [5.41, 5.74) is 11.5. The number of unbranched alkanes of at least 4 members (excludes halogenated alkanes) is 4. The van der Waals surface area contributed by atoms with Crippen LogP contribution in [0.1, 0.15) is 96.3 Å². The molecule has 8 N–H and O–H groups in total. The summed E-state index contributed by atoms with van der Waals surface area (Å²) in [4.78, 5) is 23.6. The van der Waals surface area contributed by atoms with Gasteiger partial charge in [0.15, 0.2) is 12.1 Å². The van der Waals surface area contributed by atoms with E-state index in [0.717, 1.165) is 36.5 Å². The predicted octanol–water partition coefficient (Wildman–Crippen LogP) is 5.68. The maximum absolute atomic E-state index is 11.8. The summed E-state index contributed by atoms with van der Waals surface area (Å²) in [6, 6.07) is 41.9. The van der Waals surface area contributed by atoms with Gasteiger partial charge in [-0.3, -0.25) is 0 Å². The van der Waals surface area contributed by atoms with Crippen molar-refractivity contribution in [3.8, 4) is 11.1 Å². The average molecular weight is 731 g/mol. The molecular formula is C46H54N2O6. The van der Waals surface area contributed by atoms with E-state index in [9.17, 15) is 19.8 Å². The second kappa shape index (κ2) is 23.3. The van der Waals surface area contributed by atoms with E-state index in [-0.39, 0.29) is 23.2 Å². The Hall–Kier alpha value is -5.38. The maximum Gasteiger partial charge on any atom is 0.167 e. The highest BCUT2D eigenvalue weighted by Crippen LogP contribution is 2.39. The number of carboxylic acid groups (broad SMARTS) is 2. The van der Waals surface area contributed by atoms with Gasteiger partial charge in [-0.1, -0.05) is 173 Å². The molecule has 0 aliphatic rings. The molecule has 0 heterocycles. The highest BCUT2D eigenvalue weighted by Gasteiger charge is 2.23. The van der Waals surface area contributed by atoms with Gasteiger partial charge in [-0.25, -0.2) is 0 Å². The average Bonchev–Trinajstić information content (AvgIpc) is 3.22. The van der Waals surface area contributed by atoms with E-state index >= 15 is 0 Å². The number of rotatable bonds is 12. The van der Waals surface area contributed by atoms with Crippen molar-refractivity contribution in [3.05, 3.63) is 156 Å². The highest BCUT2D eigenvalue weighted by atomic mass is 16.4. The topological polar surface area (TPSA) is 176 Å². The largest absolute Gasteiger partial charge is 0.545 e.